The molecule has 0 radical (unpaired) electrons. The number of carbonyl (C=O) groups excluding carboxylic acids is 3. The molecule has 3 aliphatic rings. The molecule has 3 fully saturated rings. The third-order valence-corrected chi connectivity index (χ3v) is 6.61. The largest absolute Gasteiger partial charge is 0.444 e. The summed E-state index contributed by atoms with van der Waals surface area (Å²) in [6, 6.07) is 9.26. The molecule has 10 nitrogen and oxygen atoms in total. The van der Waals surface area contributed by atoms with Crippen molar-refractivity contribution in [2.75, 3.05) is 24.5 Å². The second-order valence-corrected chi connectivity index (χ2v) is 10.2. The van der Waals surface area contributed by atoms with Gasteiger partial charge in [-0.05, 0) is 58.2 Å². The minimum atomic E-state index is -0.943. The number of amides is 3. The number of piperazine rings is 1. The molecule has 0 spiro atoms. The Morgan fingerprint density at radius 2 is 2.06 bits per heavy atom. The van der Waals surface area contributed by atoms with E-state index in [0.29, 0.717) is 37.2 Å². The Morgan fingerprint density at radius 1 is 1.29 bits per heavy atom. The lowest BCUT2D eigenvalue weighted by Crippen LogP contribution is -2.59. The highest BCUT2D eigenvalue weighted by atomic mass is 16.6. The quantitative estimate of drug-likeness (QED) is 0.682. The van der Waals surface area contributed by atoms with Crippen molar-refractivity contribution in [3.05, 3.63) is 29.8 Å². The fraction of sp³-hybridized carbons (Fsp3) is 0.560. The number of hydrogen-bond acceptors (Lipinski definition) is 7. The molecule has 3 heterocycles. The van der Waals surface area contributed by atoms with Gasteiger partial charge in [0.25, 0.3) is 0 Å². The Bertz CT molecular complexity index is 1100. The molecular formula is C25H30N6O4. The van der Waals surface area contributed by atoms with Crippen LogP contribution in [0.15, 0.2) is 24.3 Å². The summed E-state index contributed by atoms with van der Waals surface area (Å²) in [6.45, 7) is 6.36. The first-order chi connectivity index (χ1) is 16.6. The Kier molecular flexibility index (Phi) is 6.68. The van der Waals surface area contributed by atoms with Crippen LogP contribution < -0.4 is 10.2 Å². The van der Waals surface area contributed by atoms with Crippen LogP contribution in [0.2, 0.25) is 0 Å². The predicted octanol–water partition coefficient (Wildman–Crippen LogP) is 1.76. The van der Waals surface area contributed by atoms with Gasteiger partial charge in [-0.25, -0.2) is 4.79 Å². The van der Waals surface area contributed by atoms with Gasteiger partial charge in [0, 0.05) is 25.3 Å². The molecule has 3 unspecified atom stereocenters. The highest BCUT2D eigenvalue weighted by Crippen LogP contribution is 2.36. The minimum absolute atomic E-state index is 0.0858. The van der Waals surface area contributed by atoms with E-state index in [-0.39, 0.29) is 24.4 Å². The third-order valence-electron chi connectivity index (χ3n) is 6.61. The lowest BCUT2D eigenvalue weighted by Gasteiger charge is -2.36. The number of nitrogens with one attached hydrogen (secondary N) is 1. The number of fused-ring (bicyclic) bond motifs is 2. The van der Waals surface area contributed by atoms with E-state index < -0.39 is 29.8 Å². The Balaban J connectivity index is 1.50. The monoisotopic (exact) mass is 478 g/mol. The van der Waals surface area contributed by atoms with Crippen LogP contribution in [-0.2, 0) is 14.3 Å². The molecule has 4 atom stereocenters. The summed E-state index contributed by atoms with van der Waals surface area (Å²) < 4.78 is 5.37. The highest BCUT2D eigenvalue weighted by molar-refractivity contribution is 6.01. The van der Waals surface area contributed by atoms with Gasteiger partial charge in [0.2, 0.25) is 11.8 Å². The molecule has 4 rings (SSSR count). The lowest BCUT2D eigenvalue weighted by atomic mass is 10.1. The maximum Gasteiger partial charge on any atom is 0.408 e. The molecule has 3 amide bonds. The van der Waals surface area contributed by atoms with Crippen LogP contribution in [0.4, 0.5) is 10.5 Å². The number of likely N-dealkylation sites (tertiary alicyclic amines) is 2. The predicted molar refractivity (Wildman–Crippen MR) is 126 cm³/mol. The zero-order valence-electron chi connectivity index (χ0n) is 20.2. The van der Waals surface area contributed by atoms with Gasteiger partial charge < -0.3 is 19.9 Å². The number of anilines is 1. The van der Waals surface area contributed by atoms with Crippen molar-refractivity contribution >= 4 is 23.6 Å². The fourth-order valence-corrected chi connectivity index (χ4v) is 5.16. The van der Waals surface area contributed by atoms with Crippen molar-refractivity contribution in [2.24, 2.45) is 0 Å². The van der Waals surface area contributed by atoms with Crippen LogP contribution in [0.25, 0.3) is 0 Å². The lowest BCUT2D eigenvalue weighted by molar-refractivity contribution is -0.135. The number of carbonyl (C=O) groups is 3. The normalized spacial score (nSPS) is 24.7. The van der Waals surface area contributed by atoms with E-state index in [1.54, 1.807) is 43.9 Å². The van der Waals surface area contributed by atoms with E-state index in [4.69, 9.17) is 4.74 Å². The van der Waals surface area contributed by atoms with E-state index in [1.165, 1.54) is 4.90 Å². The molecule has 0 aliphatic carbocycles. The van der Waals surface area contributed by atoms with E-state index >= 15 is 0 Å². The van der Waals surface area contributed by atoms with Gasteiger partial charge in [-0.3, -0.25) is 14.5 Å². The maximum atomic E-state index is 13.4. The van der Waals surface area contributed by atoms with E-state index in [1.807, 2.05) is 11.0 Å². The van der Waals surface area contributed by atoms with E-state index in [9.17, 15) is 24.9 Å². The molecule has 184 valence electrons. The maximum absolute atomic E-state index is 13.4. The smallest absolute Gasteiger partial charge is 0.408 e. The number of hydrogen-bond donors (Lipinski definition) is 1. The topological polar surface area (TPSA) is 130 Å². The summed E-state index contributed by atoms with van der Waals surface area (Å²) >= 11 is 0. The molecule has 3 aliphatic heterocycles. The summed E-state index contributed by atoms with van der Waals surface area (Å²) in [6.07, 6.45) is 1.22. The van der Waals surface area contributed by atoms with Gasteiger partial charge in [0.15, 0.2) is 0 Å². The SMILES string of the molecule is CC(C)(C)OC(=O)NC(CN1C[C@@H]2CC1C(=O)N2c1cccc(C#N)c1)C(=O)N1CCCC1C#N. The van der Waals surface area contributed by atoms with Crippen molar-refractivity contribution in [1.29, 1.82) is 10.5 Å². The van der Waals surface area contributed by atoms with Crippen molar-refractivity contribution in [3.63, 3.8) is 0 Å². The molecule has 1 aromatic rings. The Morgan fingerprint density at radius 3 is 2.71 bits per heavy atom. The molecule has 35 heavy (non-hydrogen) atoms. The fourth-order valence-electron chi connectivity index (χ4n) is 5.16. The van der Waals surface area contributed by atoms with Crippen molar-refractivity contribution in [3.8, 4) is 12.1 Å². The first kappa shape index (κ1) is 24.5. The third kappa shape index (κ3) is 5.08. The number of rotatable bonds is 5. The second kappa shape index (κ2) is 9.55. The van der Waals surface area contributed by atoms with Gasteiger partial charge in [-0.1, -0.05) is 6.07 Å². The minimum Gasteiger partial charge on any atom is -0.444 e. The number of ether oxygens (including phenoxy) is 1. The summed E-state index contributed by atoms with van der Waals surface area (Å²) in [5.41, 5.74) is 0.441. The van der Waals surface area contributed by atoms with Gasteiger partial charge in [-0.2, -0.15) is 10.5 Å². The standard InChI is InChI=1S/C25H30N6O4/c1-25(2,3)35-24(34)28-20(22(32)30-9-5-8-18(30)13-27)15-29-14-19-11-21(29)23(33)31(19)17-7-4-6-16(10-17)12-26/h4,6-7,10,18-21H,5,8-9,11,14-15H2,1-3H3,(H,28,34)/t18?,19-,20?,21?/m0/s1. The van der Waals surface area contributed by atoms with Crippen LogP contribution in [-0.4, -0.2) is 77.1 Å². The second-order valence-electron chi connectivity index (χ2n) is 10.2. The van der Waals surface area contributed by atoms with Gasteiger partial charge in [0.05, 0.1) is 29.8 Å². The van der Waals surface area contributed by atoms with Crippen LogP contribution in [0.3, 0.4) is 0 Å². The molecule has 2 bridgehead atoms. The summed E-state index contributed by atoms with van der Waals surface area (Å²) in [4.78, 5) is 44.4. The number of nitrogens with zero attached hydrogens (tertiary/aromatic N) is 5. The van der Waals surface area contributed by atoms with Crippen LogP contribution >= 0.6 is 0 Å². The summed E-state index contributed by atoms with van der Waals surface area (Å²) in [7, 11) is 0. The number of alkyl carbamates (subject to hydrolysis) is 1. The van der Waals surface area contributed by atoms with Crippen LogP contribution in [0, 0.1) is 22.7 Å². The first-order valence-corrected chi connectivity index (χ1v) is 11.9. The zero-order chi connectivity index (χ0) is 25.3. The molecule has 0 saturated carbocycles. The van der Waals surface area contributed by atoms with Gasteiger partial charge in [-0.15, -0.1) is 0 Å². The van der Waals surface area contributed by atoms with Crippen LogP contribution in [0.5, 0.6) is 0 Å². The van der Waals surface area contributed by atoms with Crippen molar-refractivity contribution < 1.29 is 19.1 Å². The number of nitriles is 2. The Labute approximate surface area is 205 Å². The Hall–Kier alpha value is -3.63. The zero-order valence-corrected chi connectivity index (χ0v) is 20.2. The average molecular weight is 479 g/mol. The summed E-state index contributed by atoms with van der Waals surface area (Å²) in [5.74, 6) is -0.426. The molecule has 1 aromatic carbocycles. The van der Waals surface area contributed by atoms with Gasteiger partial charge in [0.1, 0.15) is 17.7 Å². The number of benzene rings is 1. The van der Waals surface area contributed by atoms with Crippen molar-refractivity contribution in [2.45, 2.75) is 69.8 Å². The first-order valence-electron chi connectivity index (χ1n) is 11.9. The van der Waals surface area contributed by atoms with E-state index in [0.717, 1.165) is 6.42 Å². The average Bonchev–Trinajstić information content (AvgIpc) is 3.51. The molecule has 3 saturated heterocycles. The molecule has 0 aromatic heterocycles. The molecule has 10 heteroatoms. The van der Waals surface area contributed by atoms with Crippen molar-refractivity contribution in [1.82, 2.24) is 15.1 Å². The van der Waals surface area contributed by atoms with E-state index in [2.05, 4.69) is 17.5 Å². The molecular weight excluding hydrogens is 448 g/mol. The van der Waals surface area contributed by atoms with Crippen LogP contribution in [0.1, 0.15) is 45.6 Å². The highest BCUT2D eigenvalue weighted by Gasteiger charge is 2.51. The van der Waals surface area contributed by atoms with Gasteiger partial charge >= 0.3 is 6.09 Å². The molecule has 1 N–H and O–H groups in total. The summed E-state index contributed by atoms with van der Waals surface area (Å²) in [5, 5.41) is 21.3.